The number of aromatic nitrogens is 1. The molecule has 24 heavy (non-hydrogen) atoms. The van der Waals surface area contributed by atoms with Crippen molar-refractivity contribution in [3.63, 3.8) is 0 Å². The van der Waals surface area contributed by atoms with Crippen LogP contribution in [0.3, 0.4) is 0 Å². The van der Waals surface area contributed by atoms with Crippen LogP contribution in [0.5, 0.6) is 0 Å². The Balaban J connectivity index is 1.75. The van der Waals surface area contributed by atoms with Crippen molar-refractivity contribution in [1.29, 1.82) is 0 Å². The first kappa shape index (κ1) is 17.1. The molecule has 5 heteroatoms. The van der Waals surface area contributed by atoms with Gasteiger partial charge in [0.05, 0.1) is 11.4 Å². The molecule has 1 aromatic carbocycles. The monoisotopic (exact) mass is 343 g/mol. The number of benzene rings is 1. The lowest BCUT2D eigenvalue weighted by Gasteiger charge is -2.34. The molecule has 1 aromatic heterocycles. The van der Waals surface area contributed by atoms with Crippen LogP contribution in [-0.2, 0) is 11.3 Å². The zero-order valence-electron chi connectivity index (χ0n) is 14.6. The van der Waals surface area contributed by atoms with Gasteiger partial charge < -0.3 is 0 Å². The first-order valence-electron chi connectivity index (χ1n) is 8.55. The molecular weight excluding hydrogens is 318 g/mol. The van der Waals surface area contributed by atoms with Crippen LogP contribution in [0.1, 0.15) is 32.9 Å². The van der Waals surface area contributed by atoms with E-state index in [1.165, 1.54) is 17.8 Å². The number of hydrogen-bond donors (Lipinski definition) is 0. The van der Waals surface area contributed by atoms with E-state index in [4.69, 9.17) is 4.98 Å². The Labute approximate surface area is 148 Å². The van der Waals surface area contributed by atoms with E-state index in [0.717, 1.165) is 48.0 Å². The number of hydrogen-bond acceptors (Lipinski definition) is 4. The second-order valence-electron chi connectivity index (χ2n) is 6.95. The largest absolute Gasteiger partial charge is 0.297 e. The number of thiazole rings is 1. The van der Waals surface area contributed by atoms with Crippen molar-refractivity contribution in [3.05, 3.63) is 41.4 Å². The fourth-order valence-corrected chi connectivity index (χ4v) is 4.50. The standard InChI is InChI=1S/C19H25N3OS/c1-14-9-15(2)11-21(10-14)12-17-13-24-19(20-17)22(16(3)23)18-7-5-4-6-8-18/h4-8,13-15H,9-12H2,1-3H3/t14-,15+. The van der Waals surface area contributed by atoms with Gasteiger partial charge >= 0.3 is 0 Å². The topological polar surface area (TPSA) is 36.4 Å². The summed E-state index contributed by atoms with van der Waals surface area (Å²) in [7, 11) is 0. The predicted molar refractivity (Wildman–Crippen MR) is 99.6 cm³/mol. The maximum Gasteiger partial charge on any atom is 0.230 e. The van der Waals surface area contributed by atoms with Crippen LogP contribution in [0.2, 0.25) is 0 Å². The van der Waals surface area contributed by atoms with Gasteiger partial charge in [-0.15, -0.1) is 11.3 Å². The fraction of sp³-hybridized carbons (Fsp3) is 0.474. The van der Waals surface area contributed by atoms with Crippen LogP contribution in [0.15, 0.2) is 35.7 Å². The van der Waals surface area contributed by atoms with Crippen molar-refractivity contribution in [2.75, 3.05) is 18.0 Å². The Hall–Kier alpha value is -1.72. The molecular formula is C19H25N3OS. The second-order valence-corrected chi connectivity index (χ2v) is 7.79. The highest BCUT2D eigenvalue weighted by atomic mass is 32.1. The maximum absolute atomic E-state index is 12.1. The number of para-hydroxylation sites is 1. The summed E-state index contributed by atoms with van der Waals surface area (Å²) in [5.41, 5.74) is 1.92. The Bertz CT molecular complexity index is 675. The summed E-state index contributed by atoms with van der Waals surface area (Å²) in [6, 6.07) is 9.72. The van der Waals surface area contributed by atoms with Crippen LogP contribution in [0.25, 0.3) is 0 Å². The van der Waals surface area contributed by atoms with E-state index in [1.807, 2.05) is 30.3 Å². The van der Waals surface area contributed by atoms with Gasteiger partial charge in [0.25, 0.3) is 0 Å². The summed E-state index contributed by atoms with van der Waals surface area (Å²) < 4.78 is 0. The van der Waals surface area contributed by atoms with Gasteiger partial charge in [0.1, 0.15) is 0 Å². The Morgan fingerprint density at radius 1 is 1.25 bits per heavy atom. The minimum atomic E-state index is -0.0117. The van der Waals surface area contributed by atoms with Gasteiger partial charge in [0.2, 0.25) is 5.91 Å². The normalized spacial score (nSPS) is 21.6. The minimum Gasteiger partial charge on any atom is -0.297 e. The van der Waals surface area contributed by atoms with E-state index in [0.29, 0.717) is 0 Å². The lowest BCUT2D eigenvalue weighted by molar-refractivity contribution is -0.115. The number of amides is 1. The van der Waals surface area contributed by atoms with Crippen molar-refractivity contribution < 1.29 is 4.79 Å². The van der Waals surface area contributed by atoms with Crippen LogP contribution in [-0.4, -0.2) is 28.9 Å². The molecule has 4 nitrogen and oxygen atoms in total. The number of anilines is 2. The van der Waals surface area contributed by atoms with E-state index >= 15 is 0 Å². The lowest BCUT2D eigenvalue weighted by atomic mass is 9.92. The minimum absolute atomic E-state index is 0.0117. The zero-order chi connectivity index (χ0) is 17.1. The van der Waals surface area contributed by atoms with E-state index in [9.17, 15) is 4.79 Å². The first-order chi connectivity index (χ1) is 11.5. The third kappa shape index (κ3) is 4.02. The summed E-state index contributed by atoms with van der Waals surface area (Å²) in [5.74, 6) is 1.47. The highest BCUT2D eigenvalue weighted by Crippen LogP contribution is 2.30. The summed E-state index contributed by atoms with van der Waals surface area (Å²) in [5, 5.41) is 2.83. The third-order valence-corrected chi connectivity index (χ3v) is 5.26. The summed E-state index contributed by atoms with van der Waals surface area (Å²) >= 11 is 1.54. The van der Waals surface area contributed by atoms with Gasteiger partial charge in [-0.1, -0.05) is 32.0 Å². The molecule has 1 saturated heterocycles. The van der Waals surface area contributed by atoms with Gasteiger partial charge in [0.15, 0.2) is 5.13 Å². The van der Waals surface area contributed by atoms with Crippen molar-refractivity contribution in [2.24, 2.45) is 11.8 Å². The summed E-state index contributed by atoms with van der Waals surface area (Å²) in [6.07, 6.45) is 1.31. The number of carbonyl (C=O) groups is 1. The van der Waals surface area contributed by atoms with Crippen molar-refractivity contribution in [3.8, 4) is 0 Å². The molecule has 3 rings (SSSR count). The Morgan fingerprint density at radius 3 is 2.54 bits per heavy atom. The van der Waals surface area contributed by atoms with Crippen molar-refractivity contribution >= 4 is 28.1 Å². The highest BCUT2D eigenvalue weighted by Gasteiger charge is 2.23. The molecule has 1 aliphatic heterocycles. The van der Waals surface area contributed by atoms with Gasteiger partial charge in [-0.05, 0) is 30.4 Å². The van der Waals surface area contributed by atoms with E-state index < -0.39 is 0 Å². The Morgan fingerprint density at radius 2 is 1.92 bits per heavy atom. The van der Waals surface area contributed by atoms with Gasteiger partial charge in [-0.25, -0.2) is 4.98 Å². The molecule has 1 fully saturated rings. The van der Waals surface area contributed by atoms with E-state index in [2.05, 4.69) is 24.1 Å². The number of likely N-dealkylation sites (tertiary alicyclic amines) is 1. The van der Waals surface area contributed by atoms with Crippen LogP contribution in [0.4, 0.5) is 10.8 Å². The average molecular weight is 343 g/mol. The zero-order valence-corrected chi connectivity index (χ0v) is 15.4. The number of nitrogens with zero attached hydrogens (tertiary/aromatic N) is 3. The lowest BCUT2D eigenvalue weighted by Crippen LogP contribution is -2.38. The third-order valence-electron chi connectivity index (χ3n) is 4.39. The molecule has 0 spiro atoms. The smallest absolute Gasteiger partial charge is 0.230 e. The van der Waals surface area contributed by atoms with Crippen molar-refractivity contribution in [1.82, 2.24) is 9.88 Å². The molecule has 0 unspecified atom stereocenters. The van der Waals surface area contributed by atoms with Gasteiger partial charge in [0, 0.05) is 31.9 Å². The molecule has 2 heterocycles. The Kier molecular flexibility index (Phi) is 5.31. The fourth-order valence-electron chi connectivity index (χ4n) is 3.63. The SMILES string of the molecule is CC(=O)N(c1ccccc1)c1nc(CN2C[C@H](C)C[C@H](C)C2)cs1. The summed E-state index contributed by atoms with van der Waals surface area (Å²) in [6.45, 7) is 9.36. The summed E-state index contributed by atoms with van der Waals surface area (Å²) in [4.78, 5) is 21.0. The molecule has 0 bridgehead atoms. The van der Waals surface area contributed by atoms with Crippen LogP contribution >= 0.6 is 11.3 Å². The molecule has 0 saturated carbocycles. The molecule has 0 radical (unpaired) electrons. The number of carbonyl (C=O) groups excluding carboxylic acids is 1. The molecule has 1 amide bonds. The average Bonchev–Trinajstić information content (AvgIpc) is 2.95. The van der Waals surface area contributed by atoms with Gasteiger partial charge in [-0.2, -0.15) is 0 Å². The number of rotatable bonds is 4. The molecule has 2 aromatic rings. The van der Waals surface area contributed by atoms with E-state index in [-0.39, 0.29) is 5.91 Å². The quantitative estimate of drug-likeness (QED) is 0.830. The van der Waals surface area contributed by atoms with Crippen LogP contribution in [0, 0.1) is 11.8 Å². The number of piperidine rings is 1. The predicted octanol–water partition coefficient (Wildman–Crippen LogP) is 4.31. The van der Waals surface area contributed by atoms with Gasteiger partial charge in [-0.3, -0.25) is 14.6 Å². The van der Waals surface area contributed by atoms with E-state index in [1.54, 1.807) is 11.8 Å². The first-order valence-corrected chi connectivity index (χ1v) is 9.43. The molecule has 2 atom stereocenters. The second kappa shape index (κ2) is 7.45. The highest BCUT2D eigenvalue weighted by molar-refractivity contribution is 7.14. The molecule has 1 aliphatic rings. The van der Waals surface area contributed by atoms with Crippen LogP contribution < -0.4 is 4.90 Å². The molecule has 0 aliphatic carbocycles. The molecule has 0 N–H and O–H groups in total. The molecule has 128 valence electrons. The maximum atomic E-state index is 12.1. The van der Waals surface area contributed by atoms with Crippen molar-refractivity contribution in [2.45, 2.75) is 33.7 Å².